The van der Waals surface area contributed by atoms with Crippen molar-refractivity contribution in [3.63, 3.8) is 0 Å². The molecule has 0 aliphatic carbocycles. The van der Waals surface area contributed by atoms with Crippen LogP contribution in [0, 0.1) is 0 Å². The fraction of sp³-hybridized carbons (Fsp3) is 0.333. The summed E-state index contributed by atoms with van der Waals surface area (Å²) in [6, 6.07) is 0.889. The fourth-order valence-corrected chi connectivity index (χ4v) is 0.499. The van der Waals surface area contributed by atoms with Crippen LogP contribution in [-0.2, 0) is 0 Å². The van der Waals surface area contributed by atoms with Crippen molar-refractivity contribution >= 4 is 12.4 Å². The van der Waals surface area contributed by atoms with Crippen LogP contribution in [0.4, 0.5) is 13.2 Å². The van der Waals surface area contributed by atoms with Crippen LogP contribution in [0.3, 0.4) is 0 Å². The highest BCUT2D eigenvalue weighted by Gasteiger charge is 2.32. The van der Waals surface area contributed by atoms with E-state index in [1.165, 1.54) is 18.5 Å². The highest BCUT2D eigenvalue weighted by Crippen LogP contribution is 2.17. The molecule has 1 rings (SSSR count). The Hall–Kier alpha value is -1.04. The molecule has 0 spiro atoms. The summed E-state index contributed by atoms with van der Waals surface area (Å²) >= 11 is 0. The molecule has 3 nitrogen and oxygen atoms in total. The first-order valence-corrected chi connectivity index (χ1v) is 3.04. The van der Waals surface area contributed by atoms with E-state index in [1.807, 2.05) is 0 Å². The van der Waals surface area contributed by atoms with Crippen LogP contribution in [0.25, 0.3) is 0 Å². The van der Waals surface area contributed by atoms with Crippen molar-refractivity contribution in [1.82, 2.24) is 9.97 Å². The van der Waals surface area contributed by atoms with E-state index < -0.39 is 18.8 Å². The molecule has 0 amide bonds. The van der Waals surface area contributed by atoms with Crippen LogP contribution in [0.15, 0.2) is 18.5 Å². The third kappa shape index (κ3) is 3.93. The average molecular weight is 215 g/mol. The molecule has 0 atom stereocenters. The van der Waals surface area contributed by atoms with Gasteiger partial charge in [0.1, 0.15) is 0 Å². The predicted octanol–water partition coefficient (Wildman–Crippen LogP) is 1.84. The monoisotopic (exact) mass is 214 g/mol. The number of rotatable bonds is 3. The van der Waals surface area contributed by atoms with Gasteiger partial charge >= 0.3 is 12.1 Å². The SMILES string of the molecule is Cl.FCC(F)(F)Oc1ncccn1. The van der Waals surface area contributed by atoms with Crippen LogP contribution < -0.4 is 4.74 Å². The lowest BCUT2D eigenvalue weighted by atomic mass is 10.7. The molecular weight excluding hydrogens is 209 g/mol. The van der Waals surface area contributed by atoms with E-state index in [9.17, 15) is 13.2 Å². The van der Waals surface area contributed by atoms with Gasteiger partial charge in [0, 0.05) is 12.4 Å². The highest BCUT2D eigenvalue weighted by molar-refractivity contribution is 5.85. The summed E-state index contributed by atoms with van der Waals surface area (Å²) in [5.41, 5.74) is 0. The van der Waals surface area contributed by atoms with Crippen molar-refractivity contribution in [3.8, 4) is 6.01 Å². The molecule has 7 heteroatoms. The topological polar surface area (TPSA) is 35.0 Å². The molecule has 0 saturated carbocycles. The molecule has 0 saturated heterocycles. The van der Waals surface area contributed by atoms with Crippen LogP contribution in [0.1, 0.15) is 0 Å². The Labute approximate surface area is 78.4 Å². The van der Waals surface area contributed by atoms with E-state index in [-0.39, 0.29) is 12.4 Å². The van der Waals surface area contributed by atoms with Gasteiger partial charge in [-0.1, -0.05) is 0 Å². The maximum atomic E-state index is 12.2. The number of nitrogens with zero attached hydrogens (tertiary/aromatic N) is 2. The molecule has 0 N–H and O–H groups in total. The second-order valence-corrected chi connectivity index (χ2v) is 1.90. The minimum absolute atomic E-state index is 0. The number of hydrogen-bond acceptors (Lipinski definition) is 3. The van der Waals surface area contributed by atoms with Gasteiger partial charge in [-0.3, -0.25) is 0 Å². The van der Waals surface area contributed by atoms with E-state index in [0.29, 0.717) is 0 Å². The van der Waals surface area contributed by atoms with E-state index in [4.69, 9.17) is 0 Å². The largest absolute Gasteiger partial charge is 0.429 e. The summed E-state index contributed by atoms with van der Waals surface area (Å²) in [4.78, 5) is 6.66. The molecule has 0 bridgehead atoms. The fourth-order valence-electron chi connectivity index (χ4n) is 0.499. The summed E-state index contributed by atoms with van der Waals surface area (Å²) in [5, 5.41) is 0. The molecule has 1 aromatic rings. The summed E-state index contributed by atoms with van der Waals surface area (Å²) < 4.78 is 39.7. The van der Waals surface area contributed by atoms with Gasteiger partial charge in [0.15, 0.2) is 6.67 Å². The smallest absolute Gasteiger partial charge is 0.396 e. The lowest BCUT2D eigenvalue weighted by Gasteiger charge is -2.11. The average Bonchev–Trinajstić information content (AvgIpc) is 2.06. The van der Waals surface area contributed by atoms with E-state index >= 15 is 0 Å². The zero-order valence-electron chi connectivity index (χ0n) is 6.28. The lowest BCUT2D eigenvalue weighted by Crippen LogP contribution is -2.27. The van der Waals surface area contributed by atoms with Gasteiger partial charge in [0.2, 0.25) is 0 Å². The van der Waals surface area contributed by atoms with Crippen LogP contribution in [0.2, 0.25) is 0 Å². The van der Waals surface area contributed by atoms with Crippen molar-refractivity contribution in [2.75, 3.05) is 6.67 Å². The first kappa shape index (κ1) is 12.0. The molecule has 1 heterocycles. The van der Waals surface area contributed by atoms with Crippen molar-refractivity contribution < 1.29 is 17.9 Å². The Morgan fingerprint density at radius 1 is 1.31 bits per heavy atom. The number of hydrogen-bond donors (Lipinski definition) is 0. The minimum Gasteiger partial charge on any atom is -0.396 e. The number of aromatic nitrogens is 2. The Balaban J connectivity index is 0.00000144. The molecule has 0 fully saturated rings. The van der Waals surface area contributed by atoms with E-state index in [2.05, 4.69) is 14.7 Å². The predicted molar refractivity (Wildman–Crippen MR) is 40.8 cm³/mol. The van der Waals surface area contributed by atoms with Gasteiger partial charge in [0.25, 0.3) is 0 Å². The lowest BCUT2D eigenvalue weighted by molar-refractivity contribution is -0.190. The van der Waals surface area contributed by atoms with Gasteiger partial charge in [-0.15, -0.1) is 12.4 Å². The second kappa shape index (κ2) is 4.86. The third-order valence-electron chi connectivity index (χ3n) is 0.938. The maximum Gasteiger partial charge on any atom is 0.429 e. The Morgan fingerprint density at radius 3 is 2.31 bits per heavy atom. The Bertz CT molecular complexity index is 247. The molecule has 0 unspecified atom stereocenters. The summed E-state index contributed by atoms with van der Waals surface area (Å²) in [5.74, 6) is 0. The van der Waals surface area contributed by atoms with Gasteiger partial charge in [-0.25, -0.2) is 14.4 Å². The normalized spacial score (nSPS) is 10.4. The van der Waals surface area contributed by atoms with Gasteiger partial charge in [0.05, 0.1) is 0 Å². The van der Waals surface area contributed by atoms with Crippen molar-refractivity contribution in [3.05, 3.63) is 18.5 Å². The maximum absolute atomic E-state index is 12.2. The zero-order valence-corrected chi connectivity index (χ0v) is 7.10. The zero-order chi connectivity index (χ0) is 9.03. The summed E-state index contributed by atoms with van der Waals surface area (Å²) in [6.45, 7) is -1.90. The molecule has 13 heavy (non-hydrogen) atoms. The van der Waals surface area contributed by atoms with Gasteiger partial charge in [-0.05, 0) is 6.07 Å². The molecule has 0 radical (unpaired) electrons. The van der Waals surface area contributed by atoms with Crippen molar-refractivity contribution in [2.24, 2.45) is 0 Å². The molecular formula is C6H6ClF3N2O. The second-order valence-electron chi connectivity index (χ2n) is 1.90. The number of ether oxygens (including phenoxy) is 1. The number of halogens is 4. The first-order chi connectivity index (χ1) is 5.64. The number of alkyl halides is 3. The standard InChI is InChI=1S/C6H5F3N2O.ClH/c7-4-6(8,9)12-5-10-2-1-3-11-5;/h1-3H,4H2;1H. The molecule has 74 valence electrons. The van der Waals surface area contributed by atoms with E-state index in [0.717, 1.165) is 0 Å². The van der Waals surface area contributed by atoms with Crippen LogP contribution >= 0.6 is 12.4 Å². The van der Waals surface area contributed by atoms with E-state index in [1.54, 1.807) is 0 Å². The summed E-state index contributed by atoms with van der Waals surface area (Å²) in [6.07, 6.45) is -1.41. The van der Waals surface area contributed by atoms with Crippen LogP contribution in [-0.4, -0.2) is 22.8 Å². The van der Waals surface area contributed by atoms with Gasteiger partial charge < -0.3 is 4.74 Å². The highest BCUT2D eigenvalue weighted by atomic mass is 35.5. The van der Waals surface area contributed by atoms with Crippen LogP contribution in [0.5, 0.6) is 6.01 Å². The molecule has 0 aliphatic heterocycles. The molecule has 1 aromatic heterocycles. The van der Waals surface area contributed by atoms with Gasteiger partial charge in [-0.2, -0.15) is 8.78 Å². The quantitative estimate of drug-likeness (QED) is 0.770. The molecule has 0 aromatic carbocycles. The first-order valence-electron chi connectivity index (χ1n) is 3.04. The van der Waals surface area contributed by atoms with Crippen molar-refractivity contribution in [2.45, 2.75) is 6.11 Å². The molecule has 0 aliphatic rings. The Kier molecular flexibility index (Phi) is 4.47. The van der Waals surface area contributed by atoms with Crippen molar-refractivity contribution in [1.29, 1.82) is 0 Å². The summed E-state index contributed by atoms with van der Waals surface area (Å²) in [7, 11) is 0. The third-order valence-corrected chi connectivity index (χ3v) is 0.938. The minimum atomic E-state index is -3.85. The Morgan fingerprint density at radius 2 is 1.85 bits per heavy atom.